The minimum absolute atomic E-state index is 0.116. The highest BCUT2D eigenvalue weighted by Gasteiger charge is 2.17. The Labute approximate surface area is 142 Å². The van der Waals surface area contributed by atoms with Crippen LogP contribution in [0.1, 0.15) is 33.9 Å². The summed E-state index contributed by atoms with van der Waals surface area (Å²) in [7, 11) is 0. The zero-order valence-corrected chi connectivity index (χ0v) is 13.6. The molecule has 3 heteroatoms. The molecule has 24 heavy (non-hydrogen) atoms. The zero-order chi connectivity index (χ0) is 16.8. The summed E-state index contributed by atoms with van der Waals surface area (Å²) in [6.45, 7) is 2.02. The van der Waals surface area contributed by atoms with Gasteiger partial charge in [-0.15, -0.1) is 0 Å². The van der Waals surface area contributed by atoms with Crippen molar-refractivity contribution in [1.29, 1.82) is 0 Å². The van der Waals surface area contributed by atoms with Crippen LogP contribution >= 0.6 is 0 Å². The second-order valence-corrected chi connectivity index (χ2v) is 5.82. The lowest BCUT2D eigenvalue weighted by atomic mass is 9.97. The average molecular weight is 316 g/mol. The molecule has 1 atom stereocenters. The van der Waals surface area contributed by atoms with Gasteiger partial charge in [0.05, 0.1) is 6.04 Å². The maximum Gasteiger partial charge on any atom is 0.165 e. The maximum absolute atomic E-state index is 12.7. The summed E-state index contributed by atoms with van der Waals surface area (Å²) in [5, 5.41) is 3.38. The summed E-state index contributed by atoms with van der Waals surface area (Å²) in [5.74, 6) is 0.885. The first kappa shape index (κ1) is 15.9. The average Bonchev–Trinajstić information content (AvgIpc) is 2.63. The molecule has 0 bridgehead atoms. The highest BCUT2D eigenvalue weighted by Crippen LogP contribution is 2.23. The third-order valence-electron chi connectivity index (χ3n) is 3.95. The number of ketones is 1. The quantitative estimate of drug-likeness (QED) is 0.663. The van der Waals surface area contributed by atoms with Crippen molar-refractivity contribution in [3.05, 3.63) is 95.7 Å². The van der Waals surface area contributed by atoms with E-state index >= 15 is 0 Å². The van der Waals surface area contributed by atoms with Gasteiger partial charge in [-0.25, -0.2) is 4.98 Å². The topological polar surface area (TPSA) is 42.0 Å². The highest BCUT2D eigenvalue weighted by molar-refractivity contribution is 5.96. The van der Waals surface area contributed by atoms with Gasteiger partial charge in [-0.2, -0.15) is 0 Å². The van der Waals surface area contributed by atoms with Crippen LogP contribution in [0.25, 0.3) is 0 Å². The van der Waals surface area contributed by atoms with E-state index in [2.05, 4.69) is 10.3 Å². The molecule has 3 rings (SSSR count). The molecule has 1 heterocycles. The molecule has 3 nitrogen and oxygen atoms in total. The number of carbonyl (C=O) groups excluding carboxylic acids is 1. The lowest BCUT2D eigenvalue weighted by molar-refractivity contribution is 0.0976. The number of rotatable bonds is 6. The number of Topliss-reactive ketones (excluding diaryl/α,β-unsaturated/α-hetero) is 1. The molecule has 1 unspecified atom stereocenters. The molecule has 0 fully saturated rings. The molecule has 0 radical (unpaired) electrons. The molecule has 2 aromatic carbocycles. The van der Waals surface area contributed by atoms with Crippen LogP contribution in [-0.4, -0.2) is 10.8 Å². The van der Waals surface area contributed by atoms with Gasteiger partial charge in [0.25, 0.3) is 0 Å². The molecule has 0 spiro atoms. The Balaban J connectivity index is 1.82. The Kier molecular flexibility index (Phi) is 5.02. The van der Waals surface area contributed by atoms with Crippen molar-refractivity contribution in [2.45, 2.75) is 19.4 Å². The minimum atomic E-state index is -0.116. The van der Waals surface area contributed by atoms with E-state index in [9.17, 15) is 4.79 Å². The van der Waals surface area contributed by atoms with E-state index < -0.39 is 0 Å². The second-order valence-electron chi connectivity index (χ2n) is 5.82. The molecular weight excluding hydrogens is 296 g/mol. The Morgan fingerprint density at radius 3 is 2.33 bits per heavy atom. The third-order valence-corrected chi connectivity index (χ3v) is 3.95. The molecule has 120 valence electrons. The number of benzene rings is 2. The van der Waals surface area contributed by atoms with E-state index in [1.807, 2.05) is 79.7 Å². The maximum atomic E-state index is 12.7. The number of carbonyl (C=O) groups is 1. The van der Waals surface area contributed by atoms with E-state index in [0.717, 1.165) is 22.5 Å². The fourth-order valence-electron chi connectivity index (χ4n) is 2.61. The van der Waals surface area contributed by atoms with Gasteiger partial charge in [-0.3, -0.25) is 4.79 Å². The number of aromatic nitrogens is 1. The van der Waals surface area contributed by atoms with E-state index in [1.54, 1.807) is 6.20 Å². The standard InChI is InChI=1S/C21H20N2O/c1-16-10-12-18(13-11-16)20(24)15-19(17-7-3-2-4-8-17)23-21-9-5-6-14-22-21/h2-14,19H,15H2,1H3,(H,22,23). The van der Waals surface area contributed by atoms with Gasteiger partial charge < -0.3 is 5.32 Å². The summed E-state index contributed by atoms with van der Waals surface area (Å²) in [6, 6.07) is 23.3. The largest absolute Gasteiger partial charge is 0.363 e. The van der Waals surface area contributed by atoms with E-state index in [-0.39, 0.29) is 11.8 Å². The normalized spacial score (nSPS) is 11.7. The summed E-state index contributed by atoms with van der Waals surface area (Å²) in [4.78, 5) is 17.0. The number of hydrogen-bond acceptors (Lipinski definition) is 3. The van der Waals surface area contributed by atoms with Crippen molar-refractivity contribution in [2.24, 2.45) is 0 Å². The molecule has 1 aromatic heterocycles. The fourth-order valence-corrected chi connectivity index (χ4v) is 2.61. The Morgan fingerprint density at radius 1 is 0.958 bits per heavy atom. The number of nitrogens with zero attached hydrogens (tertiary/aromatic N) is 1. The van der Waals surface area contributed by atoms with E-state index in [0.29, 0.717) is 6.42 Å². The van der Waals surface area contributed by atoms with Crippen LogP contribution in [-0.2, 0) is 0 Å². The number of anilines is 1. The van der Waals surface area contributed by atoms with Crippen molar-refractivity contribution in [3.8, 4) is 0 Å². The van der Waals surface area contributed by atoms with Gasteiger partial charge in [0, 0.05) is 18.2 Å². The van der Waals surface area contributed by atoms with Crippen LogP contribution in [0, 0.1) is 6.92 Å². The van der Waals surface area contributed by atoms with Crippen LogP contribution in [0.2, 0.25) is 0 Å². The van der Waals surface area contributed by atoms with Gasteiger partial charge in [0.2, 0.25) is 0 Å². The number of hydrogen-bond donors (Lipinski definition) is 1. The van der Waals surface area contributed by atoms with Crippen LogP contribution in [0.3, 0.4) is 0 Å². The summed E-state index contributed by atoms with van der Waals surface area (Å²) >= 11 is 0. The minimum Gasteiger partial charge on any atom is -0.363 e. The van der Waals surface area contributed by atoms with Crippen molar-refractivity contribution in [3.63, 3.8) is 0 Å². The first-order valence-electron chi connectivity index (χ1n) is 8.05. The Morgan fingerprint density at radius 2 is 1.67 bits per heavy atom. The predicted octanol–water partition coefficient (Wildman–Crippen LogP) is 4.82. The Bertz CT molecular complexity index is 783. The molecule has 1 N–H and O–H groups in total. The van der Waals surface area contributed by atoms with Crippen LogP contribution in [0.15, 0.2) is 79.0 Å². The molecule has 0 aliphatic heterocycles. The lowest BCUT2D eigenvalue weighted by Gasteiger charge is -2.19. The number of aryl methyl sites for hydroxylation is 1. The molecule has 3 aromatic rings. The van der Waals surface area contributed by atoms with Crippen LogP contribution in [0.5, 0.6) is 0 Å². The fraction of sp³-hybridized carbons (Fsp3) is 0.143. The number of pyridine rings is 1. The summed E-state index contributed by atoms with van der Waals surface area (Å²) in [5.41, 5.74) is 2.96. The van der Waals surface area contributed by atoms with Gasteiger partial charge in [-0.05, 0) is 24.6 Å². The van der Waals surface area contributed by atoms with E-state index in [1.165, 1.54) is 0 Å². The van der Waals surface area contributed by atoms with Crippen LogP contribution < -0.4 is 5.32 Å². The van der Waals surface area contributed by atoms with Crippen molar-refractivity contribution < 1.29 is 4.79 Å². The van der Waals surface area contributed by atoms with E-state index in [4.69, 9.17) is 0 Å². The van der Waals surface area contributed by atoms with Gasteiger partial charge >= 0.3 is 0 Å². The Hall–Kier alpha value is -2.94. The zero-order valence-electron chi connectivity index (χ0n) is 13.6. The van der Waals surface area contributed by atoms with Crippen LogP contribution in [0.4, 0.5) is 5.82 Å². The summed E-state index contributed by atoms with van der Waals surface area (Å²) < 4.78 is 0. The van der Waals surface area contributed by atoms with Crippen molar-refractivity contribution >= 4 is 11.6 Å². The molecule has 0 aliphatic rings. The number of nitrogens with one attached hydrogen (secondary N) is 1. The summed E-state index contributed by atoms with van der Waals surface area (Å²) in [6.07, 6.45) is 2.12. The molecule has 0 amide bonds. The molecule has 0 saturated carbocycles. The molecule has 0 saturated heterocycles. The first-order valence-corrected chi connectivity index (χ1v) is 8.05. The molecule has 0 aliphatic carbocycles. The highest BCUT2D eigenvalue weighted by atomic mass is 16.1. The van der Waals surface area contributed by atoms with Crippen molar-refractivity contribution in [2.75, 3.05) is 5.32 Å². The monoisotopic (exact) mass is 316 g/mol. The molecular formula is C21H20N2O. The SMILES string of the molecule is Cc1ccc(C(=O)CC(Nc2ccccn2)c2ccccc2)cc1. The first-order chi connectivity index (χ1) is 11.7. The van der Waals surface area contributed by atoms with Gasteiger partial charge in [0.1, 0.15) is 5.82 Å². The van der Waals surface area contributed by atoms with Gasteiger partial charge in [0.15, 0.2) is 5.78 Å². The lowest BCUT2D eigenvalue weighted by Crippen LogP contribution is -2.16. The predicted molar refractivity (Wildman–Crippen MR) is 97.2 cm³/mol. The van der Waals surface area contributed by atoms with Gasteiger partial charge in [-0.1, -0.05) is 66.2 Å². The second kappa shape index (κ2) is 7.55. The third kappa shape index (κ3) is 4.07. The van der Waals surface area contributed by atoms with Crippen molar-refractivity contribution in [1.82, 2.24) is 4.98 Å². The smallest absolute Gasteiger partial charge is 0.165 e.